The van der Waals surface area contributed by atoms with Crippen LogP contribution in [0, 0.1) is 25.6 Å². The van der Waals surface area contributed by atoms with Crippen molar-refractivity contribution in [2.75, 3.05) is 37.7 Å². The Bertz CT molecular complexity index is 1260. The van der Waals surface area contributed by atoms with Crippen LogP contribution in [0.3, 0.4) is 0 Å². The molecule has 0 spiro atoms. The second-order valence-corrected chi connectivity index (χ2v) is 10.1. The Kier molecular flexibility index (Phi) is 10.2. The van der Waals surface area contributed by atoms with Crippen molar-refractivity contribution in [1.29, 1.82) is 0 Å². The minimum absolute atomic E-state index is 0. The summed E-state index contributed by atoms with van der Waals surface area (Å²) in [4.78, 5) is 27.8. The van der Waals surface area contributed by atoms with E-state index in [1.807, 2.05) is 32.9 Å². The van der Waals surface area contributed by atoms with Gasteiger partial charge in [-0.3, -0.25) is 19.4 Å². The number of hydrogen-bond acceptors (Lipinski definition) is 7. The van der Waals surface area contributed by atoms with Crippen molar-refractivity contribution in [2.24, 2.45) is 5.92 Å². The van der Waals surface area contributed by atoms with E-state index >= 15 is 0 Å². The van der Waals surface area contributed by atoms with Gasteiger partial charge in [-0.1, -0.05) is 23.5 Å². The lowest BCUT2D eigenvalue weighted by Gasteiger charge is -2.30. The number of anilines is 1. The molecule has 1 aliphatic rings. The molecule has 11 heteroatoms. The molecule has 0 bridgehead atoms. The van der Waals surface area contributed by atoms with Crippen LogP contribution in [0.15, 0.2) is 36.4 Å². The van der Waals surface area contributed by atoms with Gasteiger partial charge in [-0.25, -0.2) is 4.39 Å². The predicted octanol–water partition coefficient (Wildman–Crippen LogP) is 5.22. The number of benzene rings is 2. The van der Waals surface area contributed by atoms with E-state index in [4.69, 9.17) is 4.74 Å². The molecule has 0 aliphatic carbocycles. The molecule has 1 atom stereocenters. The fourth-order valence-electron chi connectivity index (χ4n) is 4.63. The van der Waals surface area contributed by atoms with E-state index in [1.54, 1.807) is 12.1 Å². The van der Waals surface area contributed by atoms with Gasteiger partial charge in [0.15, 0.2) is 0 Å². The van der Waals surface area contributed by atoms with Crippen LogP contribution in [0.5, 0.6) is 5.75 Å². The predicted molar refractivity (Wildman–Crippen MR) is 148 cm³/mol. The van der Waals surface area contributed by atoms with E-state index in [0.717, 1.165) is 41.8 Å². The molecule has 1 aliphatic heterocycles. The largest absolute Gasteiger partial charge is 0.492 e. The highest BCUT2D eigenvalue weighted by molar-refractivity contribution is 7.18. The first-order valence-electron chi connectivity index (χ1n) is 12.4. The third kappa shape index (κ3) is 6.67. The number of carbonyl (C=O) groups is 2. The molecule has 0 saturated carbocycles. The van der Waals surface area contributed by atoms with Gasteiger partial charge in [0.25, 0.3) is 5.91 Å². The number of aromatic nitrogens is 2. The van der Waals surface area contributed by atoms with Crippen LogP contribution in [-0.2, 0) is 4.79 Å². The zero-order valence-corrected chi connectivity index (χ0v) is 23.3. The summed E-state index contributed by atoms with van der Waals surface area (Å²) in [7, 11) is 0. The topological polar surface area (TPSA) is 95.9 Å². The zero-order chi connectivity index (χ0) is 26.5. The summed E-state index contributed by atoms with van der Waals surface area (Å²) in [6.07, 6.45) is 1.61. The van der Waals surface area contributed by atoms with Gasteiger partial charge in [-0.05, 0) is 75.5 Å². The third-order valence-electron chi connectivity index (χ3n) is 6.53. The Morgan fingerprint density at radius 3 is 2.58 bits per heavy atom. The van der Waals surface area contributed by atoms with E-state index in [2.05, 4.69) is 15.1 Å². The Morgan fingerprint density at radius 2 is 1.92 bits per heavy atom. The number of nitrogens with zero attached hydrogens (tertiary/aromatic N) is 4. The van der Waals surface area contributed by atoms with Crippen LogP contribution < -0.4 is 9.64 Å². The molecule has 1 fully saturated rings. The number of aliphatic carboxylic acids is 1. The maximum absolute atomic E-state index is 14.2. The summed E-state index contributed by atoms with van der Waals surface area (Å²) in [5, 5.41) is 18.9. The Balaban J connectivity index is 0.00000400. The molecule has 1 amide bonds. The minimum atomic E-state index is -0.730. The number of amides is 1. The van der Waals surface area contributed by atoms with Crippen molar-refractivity contribution in [2.45, 2.75) is 33.6 Å². The lowest BCUT2D eigenvalue weighted by molar-refractivity contribution is -0.143. The van der Waals surface area contributed by atoms with Crippen molar-refractivity contribution in [3.05, 3.63) is 58.9 Å². The highest BCUT2D eigenvalue weighted by Gasteiger charge is 2.25. The molecule has 8 nitrogen and oxygen atoms in total. The first-order chi connectivity index (χ1) is 17.8. The average Bonchev–Trinajstić information content (AvgIpc) is 3.36. The summed E-state index contributed by atoms with van der Waals surface area (Å²) in [5.74, 6) is -1.27. The summed E-state index contributed by atoms with van der Waals surface area (Å²) in [6.45, 7) is 8.67. The molecule has 1 unspecified atom stereocenters. The number of carboxylic acids is 1. The number of piperidine rings is 1. The first-order valence-corrected chi connectivity index (χ1v) is 13.2. The van der Waals surface area contributed by atoms with E-state index in [1.165, 1.54) is 28.4 Å². The number of rotatable bonds is 9. The normalized spacial score (nSPS) is 15.5. The van der Waals surface area contributed by atoms with Crippen LogP contribution in [0.1, 0.15) is 41.3 Å². The molecule has 1 saturated heterocycles. The van der Waals surface area contributed by atoms with Gasteiger partial charge in [0.1, 0.15) is 23.2 Å². The standard InChI is InChI=1S/C27H31FN4O4S.ClH/c1-4-32(25(33)21-9-5-6-10-22(21)28)27-30-29-24(37-27)20-14-17(2)23(18(3)15-20)36-13-12-31-11-7-8-19(16-31)26(34)35;/h5-6,9-10,14-15,19H,4,7-8,11-13,16H2,1-3H3,(H,34,35);1H. The monoisotopic (exact) mass is 562 g/mol. The molecule has 2 heterocycles. The maximum atomic E-state index is 14.2. The van der Waals surface area contributed by atoms with E-state index in [0.29, 0.717) is 36.4 Å². The van der Waals surface area contributed by atoms with Crippen LogP contribution in [0.25, 0.3) is 10.6 Å². The van der Waals surface area contributed by atoms with E-state index in [9.17, 15) is 19.1 Å². The van der Waals surface area contributed by atoms with Gasteiger partial charge < -0.3 is 9.84 Å². The fraction of sp³-hybridized carbons (Fsp3) is 0.407. The lowest BCUT2D eigenvalue weighted by atomic mass is 9.98. The number of aryl methyl sites for hydroxylation is 2. The Hall–Kier alpha value is -3.08. The zero-order valence-electron chi connectivity index (χ0n) is 21.6. The van der Waals surface area contributed by atoms with Gasteiger partial charge >= 0.3 is 5.97 Å². The summed E-state index contributed by atoms with van der Waals surface area (Å²) >= 11 is 1.27. The molecule has 204 valence electrons. The number of carbonyl (C=O) groups excluding carboxylic acids is 1. The number of ether oxygens (including phenoxy) is 1. The molecule has 4 rings (SSSR count). The SMILES string of the molecule is CCN(C(=O)c1ccccc1F)c1nnc(-c2cc(C)c(OCCN3CCCC(C(=O)O)C3)c(C)c2)s1.Cl. The van der Waals surface area contributed by atoms with E-state index < -0.39 is 17.7 Å². The van der Waals surface area contributed by atoms with Crippen LogP contribution in [-0.4, -0.2) is 64.9 Å². The molecule has 2 aromatic carbocycles. The maximum Gasteiger partial charge on any atom is 0.307 e. The number of halogens is 2. The van der Waals surface area contributed by atoms with Gasteiger partial charge in [0.05, 0.1) is 11.5 Å². The summed E-state index contributed by atoms with van der Waals surface area (Å²) in [6, 6.07) is 9.85. The fourth-order valence-corrected chi connectivity index (χ4v) is 5.52. The molecule has 1 aromatic heterocycles. The van der Waals surface area contributed by atoms with Crippen molar-refractivity contribution < 1.29 is 23.8 Å². The lowest BCUT2D eigenvalue weighted by Crippen LogP contribution is -2.40. The molecular formula is C27H32ClFN4O4S. The smallest absolute Gasteiger partial charge is 0.307 e. The van der Waals surface area contributed by atoms with Crippen LogP contribution in [0.2, 0.25) is 0 Å². The molecule has 38 heavy (non-hydrogen) atoms. The minimum Gasteiger partial charge on any atom is -0.492 e. The van der Waals surface area contributed by atoms with Gasteiger partial charge in [-0.2, -0.15) is 0 Å². The molecular weight excluding hydrogens is 531 g/mol. The van der Waals surface area contributed by atoms with Gasteiger partial charge in [0, 0.05) is 25.2 Å². The number of hydrogen-bond donors (Lipinski definition) is 1. The average molecular weight is 563 g/mol. The summed E-state index contributed by atoms with van der Waals surface area (Å²) < 4.78 is 20.3. The van der Waals surface area contributed by atoms with Crippen molar-refractivity contribution in [1.82, 2.24) is 15.1 Å². The quantitative estimate of drug-likeness (QED) is 0.382. The molecule has 0 radical (unpaired) electrons. The van der Waals surface area contributed by atoms with Crippen LogP contribution >= 0.6 is 23.7 Å². The van der Waals surface area contributed by atoms with Crippen molar-refractivity contribution in [3.8, 4) is 16.3 Å². The highest BCUT2D eigenvalue weighted by atomic mass is 35.5. The Labute approximate surface area is 231 Å². The first kappa shape index (κ1) is 29.5. The highest BCUT2D eigenvalue weighted by Crippen LogP contribution is 2.34. The Morgan fingerprint density at radius 1 is 1.21 bits per heavy atom. The number of likely N-dealkylation sites (tertiary alicyclic amines) is 1. The molecule has 1 N–H and O–H groups in total. The number of carboxylic acid groups (broad SMARTS) is 1. The second kappa shape index (κ2) is 13.1. The van der Waals surface area contributed by atoms with Gasteiger partial charge in [0.2, 0.25) is 5.13 Å². The third-order valence-corrected chi connectivity index (χ3v) is 7.52. The second-order valence-electron chi connectivity index (χ2n) is 9.18. The van der Waals surface area contributed by atoms with Crippen LogP contribution in [0.4, 0.5) is 9.52 Å². The molecule has 3 aromatic rings. The van der Waals surface area contributed by atoms with E-state index in [-0.39, 0.29) is 23.9 Å². The van der Waals surface area contributed by atoms with Crippen molar-refractivity contribution >= 4 is 40.8 Å². The van der Waals surface area contributed by atoms with Gasteiger partial charge in [-0.15, -0.1) is 22.6 Å². The summed E-state index contributed by atoms with van der Waals surface area (Å²) in [5.41, 5.74) is 2.75. The van der Waals surface area contributed by atoms with Crippen molar-refractivity contribution in [3.63, 3.8) is 0 Å².